The highest BCUT2D eigenvalue weighted by Gasteiger charge is 2.28. The molecule has 0 radical (unpaired) electrons. The standard InChI is InChI=1S/C28H55N3O6.C13H19N3O6.3CO2/c1-25(2,3)20-31(21-26(4,5)6)16-14-29(17-22(32)33)13-15-30(18-23(34)36-27(7,8)9)19-24(35)37-28(10,11)12;1-14(2-4-15-6-10(17)21-11(18)7-15)3-5-16-8-12(19)22-13(20)9-16;3*2-1-3/h13-21H2,1-12H3,(H,32,33);2-9H2,1H3;;;. The van der Waals surface area contributed by atoms with Crippen molar-refractivity contribution in [2.24, 2.45) is 10.8 Å². The van der Waals surface area contributed by atoms with Crippen LogP contribution in [0.15, 0.2) is 0 Å². The number of esters is 6. The van der Waals surface area contributed by atoms with E-state index >= 15 is 0 Å². The number of carboxylic acids is 1. The van der Waals surface area contributed by atoms with Crippen LogP contribution in [-0.4, -0.2) is 224 Å². The number of carboxylic acid groups (broad SMARTS) is 1. The highest BCUT2D eigenvalue weighted by Crippen LogP contribution is 2.21. The first-order valence-corrected chi connectivity index (χ1v) is 21.5. The summed E-state index contributed by atoms with van der Waals surface area (Å²) in [5.74, 6) is -3.89. The zero-order valence-corrected chi connectivity index (χ0v) is 42.1. The Kier molecular flexibility index (Phi) is 33.4. The maximum atomic E-state index is 12.5. The van der Waals surface area contributed by atoms with Crippen LogP contribution in [0.3, 0.4) is 0 Å². The topological polar surface area (TPSA) is 298 Å². The van der Waals surface area contributed by atoms with Crippen molar-refractivity contribution >= 4 is 60.2 Å². The smallest absolute Gasteiger partial charge is 0.373 e. The van der Waals surface area contributed by atoms with E-state index in [-0.39, 0.29) is 75.1 Å². The number of hydrogen-bond donors (Lipinski definition) is 1. The summed E-state index contributed by atoms with van der Waals surface area (Å²) in [6.45, 7) is 30.3. The summed E-state index contributed by atoms with van der Waals surface area (Å²) in [6, 6.07) is 0. The van der Waals surface area contributed by atoms with E-state index in [9.17, 15) is 38.7 Å². The Morgan fingerprint density at radius 3 is 1.06 bits per heavy atom. The summed E-state index contributed by atoms with van der Waals surface area (Å²) in [6.07, 6.45) is 0.750. The summed E-state index contributed by atoms with van der Waals surface area (Å²) in [7, 11) is 1.90. The Bertz CT molecular complexity index is 1550. The molecule has 0 aliphatic carbocycles. The summed E-state index contributed by atoms with van der Waals surface area (Å²) in [4.78, 5) is 141. The third kappa shape index (κ3) is 43.2. The predicted octanol–water partition coefficient (Wildman–Crippen LogP) is -0.309. The molecule has 0 saturated carbocycles. The molecule has 2 aliphatic rings. The van der Waals surface area contributed by atoms with Crippen LogP contribution in [0, 0.1) is 10.8 Å². The summed E-state index contributed by atoms with van der Waals surface area (Å²) in [5.41, 5.74) is -1.07. The van der Waals surface area contributed by atoms with Gasteiger partial charge >= 0.3 is 60.2 Å². The molecule has 1 N–H and O–H groups in total. The molecule has 0 unspecified atom stereocenters. The number of nitrogens with zero attached hydrogens (tertiary/aromatic N) is 6. The van der Waals surface area contributed by atoms with Crippen LogP contribution in [-0.2, 0) is 81.3 Å². The fourth-order valence-electron chi connectivity index (χ4n) is 6.19. The van der Waals surface area contributed by atoms with Gasteiger partial charge in [0.15, 0.2) is 0 Å². The number of carbonyl (C=O) groups is 7. The number of likely N-dealkylation sites (N-methyl/N-ethyl adjacent to an activating group) is 1. The van der Waals surface area contributed by atoms with Gasteiger partial charge in [0.2, 0.25) is 0 Å². The number of cyclic esters (lactones) is 4. The number of morpholine rings is 2. The van der Waals surface area contributed by atoms with Crippen LogP contribution in [0.5, 0.6) is 0 Å². The van der Waals surface area contributed by atoms with E-state index in [4.69, 9.17) is 38.2 Å². The van der Waals surface area contributed by atoms with E-state index in [1.165, 1.54) is 0 Å². The maximum absolute atomic E-state index is 12.5. The van der Waals surface area contributed by atoms with Crippen LogP contribution >= 0.6 is 0 Å². The van der Waals surface area contributed by atoms with E-state index in [2.05, 4.69) is 55.9 Å². The van der Waals surface area contributed by atoms with Gasteiger partial charge < -0.3 is 33.9 Å². The van der Waals surface area contributed by atoms with Gasteiger partial charge in [0.1, 0.15) is 11.2 Å². The average molecular weight is 975 g/mol. The van der Waals surface area contributed by atoms with Crippen molar-refractivity contribution in [1.82, 2.24) is 29.4 Å². The lowest BCUT2D eigenvalue weighted by atomic mass is 9.92. The van der Waals surface area contributed by atoms with Crippen LogP contribution < -0.4 is 0 Å². The molecule has 24 nitrogen and oxygen atoms in total. The van der Waals surface area contributed by atoms with Gasteiger partial charge in [0.25, 0.3) is 0 Å². The molecule has 2 heterocycles. The second kappa shape index (κ2) is 34.0. The first kappa shape index (κ1) is 66.9. The Labute approximate surface area is 398 Å². The molecule has 2 aliphatic heterocycles. The van der Waals surface area contributed by atoms with Crippen LogP contribution in [0.2, 0.25) is 0 Å². The molecule has 0 aromatic carbocycles. The molecule has 0 spiro atoms. The SMILES string of the molecule is CC(C)(C)CN(CCN(CCN(CC(=O)OC(C)(C)C)CC(=O)OC(C)(C)C)CC(=O)O)CC(C)(C)C.CN(CCN1CC(=O)OC(=O)C1)CCN1CC(=O)OC(=O)C1.O=C=O.O=C=O.O=C=O. The lowest BCUT2D eigenvalue weighted by molar-refractivity contribution is -0.193. The summed E-state index contributed by atoms with van der Waals surface area (Å²) >= 11 is 0. The second-order valence-electron chi connectivity index (χ2n) is 20.1. The van der Waals surface area contributed by atoms with Crippen molar-refractivity contribution in [3.63, 3.8) is 0 Å². The first-order chi connectivity index (χ1) is 31.1. The molecule has 0 aromatic heterocycles. The molecule has 2 saturated heterocycles. The van der Waals surface area contributed by atoms with Crippen molar-refractivity contribution in [2.45, 2.75) is 94.3 Å². The lowest BCUT2D eigenvalue weighted by Crippen LogP contribution is -2.47. The molecule has 0 amide bonds. The van der Waals surface area contributed by atoms with E-state index in [1.807, 2.05) is 16.8 Å². The second-order valence-corrected chi connectivity index (χ2v) is 20.1. The third-order valence-electron chi connectivity index (χ3n) is 8.23. The minimum absolute atomic E-state index is 0.0857. The van der Waals surface area contributed by atoms with Gasteiger partial charge in [-0.15, -0.1) is 0 Å². The zero-order valence-electron chi connectivity index (χ0n) is 42.1. The van der Waals surface area contributed by atoms with E-state index < -0.39 is 53.0 Å². The van der Waals surface area contributed by atoms with Gasteiger partial charge in [-0.2, -0.15) is 28.8 Å². The maximum Gasteiger partial charge on any atom is 0.373 e. The molecular formula is C44H74N6O18. The lowest BCUT2D eigenvalue weighted by Gasteiger charge is -2.36. The number of aliphatic carboxylic acids is 1. The quantitative estimate of drug-likeness (QED) is 0.0930. The Hall–Kier alpha value is -5.41. The molecule has 388 valence electrons. The highest BCUT2D eigenvalue weighted by atomic mass is 16.6. The highest BCUT2D eigenvalue weighted by molar-refractivity contribution is 5.90. The minimum Gasteiger partial charge on any atom is -0.480 e. The van der Waals surface area contributed by atoms with Crippen LogP contribution in [0.4, 0.5) is 0 Å². The van der Waals surface area contributed by atoms with Crippen molar-refractivity contribution < 1.29 is 86.4 Å². The fourth-order valence-corrected chi connectivity index (χ4v) is 6.19. The third-order valence-corrected chi connectivity index (χ3v) is 8.23. The Balaban J connectivity index is -0.00000114. The number of rotatable bonds is 20. The van der Waals surface area contributed by atoms with Gasteiger partial charge in [-0.3, -0.25) is 53.2 Å². The molecule has 68 heavy (non-hydrogen) atoms. The number of hydrogen-bond acceptors (Lipinski definition) is 23. The predicted molar refractivity (Wildman–Crippen MR) is 235 cm³/mol. The molecule has 24 heteroatoms. The molecule has 0 bridgehead atoms. The Morgan fingerprint density at radius 1 is 0.515 bits per heavy atom. The monoisotopic (exact) mass is 975 g/mol. The van der Waals surface area contributed by atoms with E-state index in [0.717, 1.165) is 19.6 Å². The Morgan fingerprint density at radius 2 is 0.794 bits per heavy atom. The number of carbonyl (C=O) groups excluding carboxylic acids is 12. The van der Waals surface area contributed by atoms with Crippen LogP contribution in [0.25, 0.3) is 0 Å². The van der Waals surface area contributed by atoms with Gasteiger partial charge in [0, 0.05) is 65.4 Å². The normalized spacial score (nSPS) is 14.5. The zero-order chi connectivity index (χ0) is 53.5. The van der Waals surface area contributed by atoms with Gasteiger partial charge in [0.05, 0.1) is 45.8 Å². The minimum atomic E-state index is -0.913. The molecule has 2 rings (SSSR count). The van der Waals surface area contributed by atoms with Crippen molar-refractivity contribution in [3.8, 4) is 0 Å². The molecular weight excluding hydrogens is 901 g/mol. The number of ether oxygens (including phenoxy) is 4. The molecule has 0 aromatic rings. The molecule has 2 fully saturated rings. The summed E-state index contributed by atoms with van der Waals surface area (Å²) < 4.78 is 19.8. The summed E-state index contributed by atoms with van der Waals surface area (Å²) in [5, 5.41) is 9.52. The van der Waals surface area contributed by atoms with Gasteiger partial charge in [-0.25, -0.2) is 0 Å². The average Bonchev–Trinajstić information content (AvgIpc) is 3.11. The van der Waals surface area contributed by atoms with Crippen LogP contribution in [0.1, 0.15) is 83.1 Å². The van der Waals surface area contributed by atoms with Crippen molar-refractivity contribution in [1.29, 1.82) is 0 Å². The van der Waals surface area contributed by atoms with E-state index in [0.29, 0.717) is 45.8 Å². The van der Waals surface area contributed by atoms with Gasteiger partial charge in [-0.05, 0) is 59.4 Å². The molecule has 0 atom stereocenters. The van der Waals surface area contributed by atoms with Crippen molar-refractivity contribution in [2.75, 3.05) is 118 Å². The largest absolute Gasteiger partial charge is 0.480 e. The van der Waals surface area contributed by atoms with Gasteiger partial charge in [-0.1, -0.05) is 41.5 Å². The first-order valence-electron chi connectivity index (χ1n) is 21.5. The fraction of sp³-hybridized carbons (Fsp3) is 0.773. The van der Waals surface area contributed by atoms with E-state index in [1.54, 1.807) is 56.2 Å². The van der Waals surface area contributed by atoms with Crippen molar-refractivity contribution in [3.05, 3.63) is 0 Å².